The largest absolute Gasteiger partial charge is 0.229 e. The Kier molecular flexibility index (Phi) is 6.41. The van der Waals surface area contributed by atoms with Crippen LogP contribution < -0.4 is 0 Å². The van der Waals surface area contributed by atoms with Crippen LogP contribution in [-0.4, -0.2) is 19.7 Å². The number of sulfone groups is 1. The molecule has 0 aliphatic carbocycles. The topological polar surface area (TPSA) is 47.0 Å². The molecule has 0 amide bonds. The van der Waals surface area contributed by atoms with Gasteiger partial charge in [-0.25, -0.2) is 26.6 Å². The monoisotopic (exact) mass is 491 g/mol. The number of nitrogens with zero attached hydrogens (tertiary/aromatic N) is 1. The highest BCUT2D eigenvalue weighted by molar-refractivity contribution is 8.00. The zero-order chi connectivity index (χ0) is 22.9. The molecule has 0 fully saturated rings. The van der Waals surface area contributed by atoms with Gasteiger partial charge in [-0.3, -0.25) is 0 Å². The van der Waals surface area contributed by atoms with Gasteiger partial charge >= 0.3 is 0 Å². The number of rotatable bonds is 6. The molecule has 0 saturated heterocycles. The van der Waals surface area contributed by atoms with Crippen molar-refractivity contribution in [3.05, 3.63) is 89.7 Å². The van der Waals surface area contributed by atoms with Gasteiger partial charge in [0.2, 0.25) is 0 Å². The predicted molar refractivity (Wildman–Crippen MR) is 122 cm³/mol. The second-order valence-electron chi connectivity index (χ2n) is 7.00. The van der Waals surface area contributed by atoms with Gasteiger partial charge in [-0.15, -0.1) is 11.3 Å². The van der Waals surface area contributed by atoms with Crippen molar-refractivity contribution in [1.82, 2.24) is 4.98 Å². The number of hydrogen-bond acceptors (Lipinski definition) is 5. The van der Waals surface area contributed by atoms with Crippen molar-refractivity contribution in [1.29, 1.82) is 0 Å². The molecule has 1 heterocycles. The van der Waals surface area contributed by atoms with Gasteiger partial charge < -0.3 is 0 Å². The third kappa shape index (κ3) is 5.06. The minimum atomic E-state index is -3.51. The molecule has 0 N–H and O–H groups in total. The van der Waals surface area contributed by atoms with Crippen LogP contribution >= 0.6 is 23.1 Å². The number of benzene rings is 3. The van der Waals surface area contributed by atoms with Crippen LogP contribution in [0.15, 0.2) is 76.0 Å². The van der Waals surface area contributed by atoms with Gasteiger partial charge in [0.05, 0.1) is 15.5 Å². The summed E-state index contributed by atoms with van der Waals surface area (Å²) in [5.74, 6) is -1.44. The lowest BCUT2D eigenvalue weighted by atomic mass is 10.1. The van der Waals surface area contributed by atoms with Crippen LogP contribution in [-0.2, 0) is 15.6 Å². The molecule has 0 saturated carbocycles. The fourth-order valence-corrected chi connectivity index (χ4v) is 6.26. The Morgan fingerprint density at radius 2 is 1.56 bits per heavy atom. The summed E-state index contributed by atoms with van der Waals surface area (Å²) in [6, 6.07) is 15.7. The molecule has 4 aromatic rings. The molecule has 1 aromatic heterocycles. The molecular weight excluding hydrogens is 475 g/mol. The molecule has 0 atom stereocenters. The van der Waals surface area contributed by atoms with E-state index in [1.165, 1.54) is 53.4 Å². The molecule has 0 aliphatic rings. The zero-order valence-corrected chi connectivity index (χ0v) is 19.1. The molecule has 0 bridgehead atoms. The average Bonchev–Trinajstić information content (AvgIpc) is 3.16. The van der Waals surface area contributed by atoms with Crippen LogP contribution in [0.25, 0.3) is 21.7 Å². The first kappa shape index (κ1) is 22.6. The van der Waals surface area contributed by atoms with E-state index < -0.39 is 27.3 Å². The fraction of sp³-hybridized carbons (Fsp3) is 0.0870. The summed E-state index contributed by atoms with van der Waals surface area (Å²) in [7, 11) is -3.51. The van der Waals surface area contributed by atoms with E-state index in [1.807, 2.05) is 0 Å². The molecule has 32 heavy (non-hydrogen) atoms. The Hall–Kier alpha value is -2.62. The molecule has 4 rings (SSSR count). The number of halogens is 3. The maximum atomic E-state index is 13.5. The van der Waals surface area contributed by atoms with Crippen LogP contribution in [0.5, 0.6) is 0 Å². The van der Waals surface area contributed by atoms with E-state index in [1.54, 1.807) is 30.3 Å². The standard InChI is InChI=1S/C23H16F3NO2S3/c1-32(28,29)20-5-3-2-4-19(20)22-21(15-6-8-16(24)9-7-15)27-23(31-22)30-13-14-10-17(25)12-18(26)11-14/h2-12H,13H2,1H3. The van der Waals surface area contributed by atoms with E-state index in [-0.39, 0.29) is 10.6 Å². The van der Waals surface area contributed by atoms with Gasteiger partial charge in [-0.1, -0.05) is 30.0 Å². The Morgan fingerprint density at radius 3 is 2.22 bits per heavy atom. The van der Waals surface area contributed by atoms with Gasteiger partial charge in [0.15, 0.2) is 14.2 Å². The summed E-state index contributed by atoms with van der Waals surface area (Å²) >= 11 is 2.56. The molecule has 3 aromatic carbocycles. The number of thioether (sulfide) groups is 1. The Labute approximate surface area is 191 Å². The molecule has 3 nitrogen and oxygen atoms in total. The predicted octanol–water partition coefficient (Wildman–Crippen LogP) is 6.59. The summed E-state index contributed by atoms with van der Waals surface area (Å²) in [6.45, 7) is 0. The molecule has 0 spiro atoms. The number of aromatic nitrogens is 1. The van der Waals surface area contributed by atoms with Gasteiger partial charge in [0.25, 0.3) is 0 Å². The molecule has 0 aliphatic heterocycles. The molecular formula is C23H16F3NO2S3. The summed E-state index contributed by atoms with van der Waals surface area (Å²) in [5, 5.41) is 0. The average molecular weight is 492 g/mol. The lowest BCUT2D eigenvalue weighted by Gasteiger charge is -2.08. The Morgan fingerprint density at radius 1 is 0.906 bits per heavy atom. The van der Waals surface area contributed by atoms with Crippen LogP contribution in [0, 0.1) is 17.5 Å². The summed E-state index contributed by atoms with van der Waals surface area (Å²) in [6.07, 6.45) is 1.14. The zero-order valence-electron chi connectivity index (χ0n) is 16.7. The van der Waals surface area contributed by atoms with E-state index in [0.717, 1.165) is 12.3 Å². The van der Waals surface area contributed by atoms with Crippen molar-refractivity contribution in [2.24, 2.45) is 0 Å². The Bertz CT molecular complexity index is 1360. The molecule has 0 radical (unpaired) electrons. The van der Waals surface area contributed by atoms with Crippen LogP contribution in [0.3, 0.4) is 0 Å². The summed E-state index contributed by atoms with van der Waals surface area (Å²) in [5.41, 5.74) is 2.10. The molecule has 0 unspecified atom stereocenters. The van der Waals surface area contributed by atoms with Crippen LogP contribution in [0.2, 0.25) is 0 Å². The van der Waals surface area contributed by atoms with E-state index in [9.17, 15) is 21.6 Å². The van der Waals surface area contributed by atoms with Gasteiger partial charge in [-0.2, -0.15) is 0 Å². The van der Waals surface area contributed by atoms with Gasteiger partial charge in [0, 0.05) is 29.2 Å². The maximum absolute atomic E-state index is 13.5. The van der Waals surface area contributed by atoms with Gasteiger partial charge in [-0.05, 0) is 48.0 Å². The van der Waals surface area contributed by atoms with E-state index >= 15 is 0 Å². The summed E-state index contributed by atoms with van der Waals surface area (Å²) < 4.78 is 65.8. The number of hydrogen-bond donors (Lipinski definition) is 0. The van der Waals surface area contributed by atoms with Crippen LogP contribution in [0.1, 0.15) is 5.56 Å². The highest BCUT2D eigenvalue weighted by Crippen LogP contribution is 2.43. The van der Waals surface area contributed by atoms with E-state index in [0.29, 0.717) is 31.6 Å². The second kappa shape index (κ2) is 9.09. The summed E-state index contributed by atoms with van der Waals surface area (Å²) in [4.78, 5) is 5.43. The third-order valence-corrected chi connectivity index (χ3v) is 8.00. The highest BCUT2D eigenvalue weighted by Gasteiger charge is 2.21. The van der Waals surface area contributed by atoms with Crippen molar-refractivity contribution in [3.8, 4) is 21.7 Å². The maximum Gasteiger partial charge on any atom is 0.176 e. The molecule has 9 heteroatoms. The van der Waals surface area contributed by atoms with E-state index in [2.05, 4.69) is 4.98 Å². The number of thiazole rings is 1. The van der Waals surface area contributed by atoms with Crippen molar-refractivity contribution in [3.63, 3.8) is 0 Å². The first-order valence-corrected chi connectivity index (χ1v) is 13.0. The quantitative estimate of drug-likeness (QED) is 0.286. The normalized spacial score (nSPS) is 11.6. The third-order valence-electron chi connectivity index (χ3n) is 4.54. The highest BCUT2D eigenvalue weighted by atomic mass is 32.2. The Balaban J connectivity index is 1.79. The van der Waals surface area contributed by atoms with Crippen LogP contribution in [0.4, 0.5) is 13.2 Å². The minimum Gasteiger partial charge on any atom is -0.229 e. The second-order valence-corrected chi connectivity index (χ2v) is 11.2. The first-order chi connectivity index (χ1) is 15.2. The van der Waals surface area contributed by atoms with Crippen molar-refractivity contribution < 1.29 is 21.6 Å². The lowest BCUT2D eigenvalue weighted by Crippen LogP contribution is -1.99. The SMILES string of the molecule is CS(=O)(=O)c1ccccc1-c1sc(SCc2cc(F)cc(F)c2)nc1-c1ccc(F)cc1. The van der Waals surface area contributed by atoms with Crippen molar-refractivity contribution in [2.75, 3.05) is 6.26 Å². The van der Waals surface area contributed by atoms with Crippen molar-refractivity contribution >= 4 is 32.9 Å². The minimum absolute atomic E-state index is 0.163. The molecule has 164 valence electrons. The lowest BCUT2D eigenvalue weighted by molar-refractivity contribution is 0.581. The first-order valence-electron chi connectivity index (χ1n) is 9.35. The van der Waals surface area contributed by atoms with E-state index in [4.69, 9.17) is 0 Å². The smallest absolute Gasteiger partial charge is 0.176 e. The van der Waals surface area contributed by atoms with Gasteiger partial charge in [0.1, 0.15) is 17.5 Å². The van der Waals surface area contributed by atoms with Crippen molar-refractivity contribution in [2.45, 2.75) is 15.0 Å². The fourth-order valence-electron chi connectivity index (χ4n) is 3.17.